The van der Waals surface area contributed by atoms with Crippen molar-refractivity contribution in [3.63, 3.8) is 0 Å². The van der Waals surface area contributed by atoms with Crippen LogP contribution in [0.5, 0.6) is 0 Å². The monoisotopic (exact) mass is 273 g/mol. The zero-order valence-electron chi connectivity index (χ0n) is 12.3. The molecule has 0 aliphatic heterocycles. The van der Waals surface area contributed by atoms with Crippen molar-refractivity contribution in [3.8, 4) is 0 Å². The third-order valence-electron chi connectivity index (χ3n) is 3.64. The Hall–Kier alpha value is -1.12. The van der Waals surface area contributed by atoms with Crippen molar-refractivity contribution in [1.29, 1.82) is 0 Å². The molecule has 1 unspecified atom stereocenters. The molecule has 1 N–H and O–H groups in total. The van der Waals surface area contributed by atoms with E-state index >= 15 is 0 Å². The van der Waals surface area contributed by atoms with Crippen molar-refractivity contribution in [1.82, 2.24) is 5.32 Å². The fraction of sp³-hybridized carbons (Fsp3) is 0.412. The Labute approximate surface area is 120 Å². The molecule has 1 heterocycles. The lowest BCUT2D eigenvalue weighted by Crippen LogP contribution is -2.24. The van der Waals surface area contributed by atoms with Gasteiger partial charge in [-0.25, -0.2) is 0 Å². The fourth-order valence-corrected chi connectivity index (χ4v) is 3.37. The molecule has 102 valence electrons. The van der Waals surface area contributed by atoms with E-state index in [1.165, 1.54) is 27.1 Å². The van der Waals surface area contributed by atoms with Crippen LogP contribution in [0.15, 0.2) is 29.6 Å². The Bertz CT molecular complexity index is 522. The van der Waals surface area contributed by atoms with Crippen LogP contribution in [0, 0.1) is 20.8 Å². The predicted octanol–water partition coefficient (Wildman–Crippen LogP) is 4.76. The normalized spacial score (nSPS) is 12.6. The van der Waals surface area contributed by atoms with E-state index in [9.17, 15) is 0 Å². The number of hydrogen-bond acceptors (Lipinski definition) is 2. The maximum atomic E-state index is 3.72. The van der Waals surface area contributed by atoms with Gasteiger partial charge >= 0.3 is 0 Å². The zero-order chi connectivity index (χ0) is 13.8. The van der Waals surface area contributed by atoms with Crippen LogP contribution in [0.25, 0.3) is 0 Å². The quantitative estimate of drug-likeness (QED) is 0.828. The van der Waals surface area contributed by atoms with Gasteiger partial charge < -0.3 is 5.32 Å². The summed E-state index contributed by atoms with van der Waals surface area (Å²) in [7, 11) is 0. The second kappa shape index (κ2) is 6.36. The summed E-state index contributed by atoms with van der Waals surface area (Å²) in [6.45, 7) is 9.91. The largest absolute Gasteiger partial charge is 0.306 e. The molecule has 0 spiro atoms. The van der Waals surface area contributed by atoms with E-state index in [1.54, 1.807) is 0 Å². The molecule has 2 aromatic rings. The molecular formula is C17H23NS. The molecular weight excluding hydrogens is 250 g/mol. The van der Waals surface area contributed by atoms with Crippen LogP contribution < -0.4 is 5.32 Å². The highest BCUT2D eigenvalue weighted by molar-refractivity contribution is 7.10. The summed E-state index contributed by atoms with van der Waals surface area (Å²) in [4.78, 5) is 1.41. The summed E-state index contributed by atoms with van der Waals surface area (Å²) < 4.78 is 0. The van der Waals surface area contributed by atoms with Gasteiger partial charge in [0.05, 0.1) is 6.04 Å². The van der Waals surface area contributed by atoms with Gasteiger partial charge in [0.1, 0.15) is 0 Å². The van der Waals surface area contributed by atoms with Crippen molar-refractivity contribution in [2.24, 2.45) is 0 Å². The molecule has 1 aromatic heterocycles. The first-order chi connectivity index (χ1) is 9.15. The van der Waals surface area contributed by atoms with Gasteiger partial charge in [-0.2, -0.15) is 0 Å². The summed E-state index contributed by atoms with van der Waals surface area (Å²) >= 11 is 1.83. The van der Waals surface area contributed by atoms with Gasteiger partial charge in [-0.1, -0.05) is 25.1 Å². The molecule has 1 atom stereocenters. The lowest BCUT2D eigenvalue weighted by Gasteiger charge is -2.23. The van der Waals surface area contributed by atoms with E-state index in [0.29, 0.717) is 6.04 Å². The molecule has 1 aromatic carbocycles. The molecule has 2 rings (SSSR count). The molecule has 1 nitrogen and oxygen atoms in total. The number of nitrogens with one attached hydrogen (secondary N) is 1. The third kappa shape index (κ3) is 3.07. The van der Waals surface area contributed by atoms with Crippen LogP contribution in [0.2, 0.25) is 0 Å². The molecule has 2 heteroatoms. The third-order valence-corrected chi connectivity index (χ3v) is 4.50. The van der Waals surface area contributed by atoms with Gasteiger partial charge in [0.15, 0.2) is 0 Å². The Morgan fingerprint density at radius 3 is 2.32 bits per heavy atom. The van der Waals surface area contributed by atoms with Crippen LogP contribution in [0.4, 0.5) is 0 Å². The van der Waals surface area contributed by atoms with Crippen LogP contribution >= 0.6 is 11.3 Å². The minimum absolute atomic E-state index is 0.326. The van der Waals surface area contributed by atoms with Crippen LogP contribution in [0.1, 0.15) is 46.5 Å². The maximum Gasteiger partial charge on any atom is 0.0592 e. The zero-order valence-corrected chi connectivity index (χ0v) is 13.1. The topological polar surface area (TPSA) is 12.0 Å². The molecule has 0 amide bonds. The van der Waals surface area contributed by atoms with Gasteiger partial charge in [-0.05, 0) is 67.4 Å². The Morgan fingerprint density at radius 1 is 1.11 bits per heavy atom. The smallest absolute Gasteiger partial charge is 0.0592 e. The van der Waals surface area contributed by atoms with E-state index in [0.717, 1.165) is 13.0 Å². The first kappa shape index (κ1) is 14.3. The molecule has 0 radical (unpaired) electrons. The standard InChI is InChI=1S/C17H23NS/c1-5-10-18-17(15-9-11-19-14(15)4)16-12(2)7-6-8-13(16)3/h6-9,11,17-18H,5,10H2,1-4H3. The molecule has 0 saturated carbocycles. The SMILES string of the molecule is CCCNC(c1ccsc1C)c1c(C)cccc1C. The second-order valence-electron chi connectivity index (χ2n) is 5.12. The van der Waals surface area contributed by atoms with Crippen LogP contribution in [-0.4, -0.2) is 6.54 Å². The van der Waals surface area contributed by atoms with Gasteiger partial charge in [0, 0.05) is 4.88 Å². The summed E-state index contributed by atoms with van der Waals surface area (Å²) in [5.74, 6) is 0. The number of rotatable bonds is 5. The highest BCUT2D eigenvalue weighted by atomic mass is 32.1. The summed E-state index contributed by atoms with van der Waals surface area (Å²) in [6.07, 6.45) is 1.16. The van der Waals surface area contributed by atoms with Gasteiger partial charge in [0.25, 0.3) is 0 Å². The molecule has 19 heavy (non-hydrogen) atoms. The van der Waals surface area contributed by atoms with Crippen molar-refractivity contribution < 1.29 is 0 Å². The van der Waals surface area contributed by atoms with Gasteiger partial charge in [-0.3, -0.25) is 0 Å². The van der Waals surface area contributed by atoms with E-state index in [2.05, 4.69) is 62.7 Å². The fourth-order valence-electron chi connectivity index (χ4n) is 2.63. The average Bonchev–Trinajstić information content (AvgIpc) is 2.79. The molecule has 0 bridgehead atoms. The molecule has 0 saturated heterocycles. The van der Waals surface area contributed by atoms with Crippen molar-refractivity contribution >= 4 is 11.3 Å². The van der Waals surface area contributed by atoms with Gasteiger partial charge in [0.2, 0.25) is 0 Å². The first-order valence-electron chi connectivity index (χ1n) is 6.98. The van der Waals surface area contributed by atoms with Crippen LogP contribution in [-0.2, 0) is 0 Å². The van der Waals surface area contributed by atoms with Crippen molar-refractivity contribution in [2.75, 3.05) is 6.54 Å². The first-order valence-corrected chi connectivity index (χ1v) is 7.86. The average molecular weight is 273 g/mol. The minimum atomic E-state index is 0.326. The predicted molar refractivity (Wildman–Crippen MR) is 85.1 cm³/mol. The van der Waals surface area contributed by atoms with Gasteiger partial charge in [-0.15, -0.1) is 11.3 Å². The number of benzene rings is 1. The number of hydrogen-bond donors (Lipinski definition) is 1. The minimum Gasteiger partial charge on any atom is -0.306 e. The van der Waals surface area contributed by atoms with E-state index in [4.69, 9.17) is 0 Å². The number of thiophene rings is 1. The number of aryl methyl sites for hydroxylation is 3. The van der Waals surface area contributed by atoms with Crippen molar-refractivity contribution in [3.05, 3.63) is 56.8 Å². The highest BCUT2D eigenvalue weighted by Crippen LogP contribution is 2.31. The molecule has 0 aliphatic rings. The lowest BCUT2D eigenvalue weighted by molar-refractivity contribution is 0.593. The van der Waals surface area contributed by atoms with E-state index in [-0.39, 0.29) is 0 Å². The Kier molecular flexibility index (Phi) is 4.78. The summed E-state index contributed by atoms with van der Waals surface area (Å²) in [5, 5.41) is 5.91. The Balaban J connectivity index is 2.46. The summed E-state index contributed by atoms with van der Waals surface area (Å²) in [5.41, 5.74) is 5.62. The second-order valence-corrected chi connectivity index (χ2v) is 6.24. The maximum absolute atomic E-state index is 3.72. The highest BCUT2D eigenvalue weighted by Gasteiger charge is 2.19. The van der Waals surface area contributed by atoms with E-state index < -0.39 is 0 Å². The summed E-state index contributed by atoms with van der Waals surface area (Å²) in [6, 6.07) is 9.16. The molecule has 0 fully saturated rings. The Morgan fingerprint density at radius 2 is 1.79 bits per heavy atom. The molecule has 0 aliphatic carbocycles. The van der Waals surface area contributed by atoms with Crippen LogP contribution in [0.3, 0.4) is 0 Å². The lowest BCUT2D eigenvalue weighted by atomic mass is 9.91. The van der Waals surface area contributed by atoms with Crippen molar-refractivity contribution in [2.45, 2.75) is 40.2 Å². The van der Waals surface area contributed by atoms with E-state index in [1.807, 2.05) is 11.3 Å².